The van der Waals surface area contributed by atoms with Gasteiger partial charge in [0.1, 0.15) is 6.04 Å². The zero-order chi connectivity index (χ0) is 12.0. The molecule has 16 heavy (non-hydrogen) atoms. The highest BCUT2D eigenvalue weighted by Crippen LogP contribution is 2.10. The molecule has 0 radical (unpaired) electrons. The highest BCUT2D eigenvalue weighted by atomic mass is 16.2. The molecule has 1 aliphatic rings. The Morgan fingerprint density at radius 2 is 2.12 bits per heavy atom. The normalized spacial score (nSPS) is 21.4. The molecule has 1 aliphatic heterocycles. The standard InChI is InChI=1S/C12H22N2O2/c1-3-9(4-2)13-12(16)10-7-5-6-8-11(15)14-10/h9-10H,3-8H2,1-2H3,(H,13,16)(H,14,15). The molecule has 0 aromatic carbocycles. The fraction of sp³-hybridized carbons (Fsp3) is 0.833. The zero-order valence-electron chi connectivity index (χ0n) is 10.2. The van der Waals surface area contributed by atoms with Gasteiger partial charge in [-0.3, -0.25) is 9.59 Å². The number of rotatable bonds is 4. The summed E-state index contributed by atoms with van der Waals surface area (Å²) in [6, 6.07) is -0.0942. The summed E-state index contributed by atoms with van der Waals surface area (Å²) in [5.74, 6) is -0.0221. The van der Waals surface area contributed by atoms with Crippen molar-refractivity contribution in [3.05, 3.63) is 0 Å². The smallest absolute Gasteiger partial charge is 0.242 e. The molecule has 0 aromatic rings. The molecular weight excluding hydrogens is 204 g/mol. The second-order valence-electron chi connectivity index (χ2n) is 4.39. The van der Waals surface area contributed by atoms with E-state index in [9.17, 15) is 9.59 Å². The van der Waals surface area contributed by atoms with Crippen molar-refractivity contribution in [1.29, 1.82) is 0 Å². The Labute approximate surface area is 97.2 Å². The van der Waals surface area contributed by atoms with E-state index < -0.39 is 0 Å². The van der Waals surface area contributed by atoms with Crippen LogP contribution in [-0.4, -0.2) is 23.9 Å². The van der Waals surface area contributed by atoms with Crippen molar-refractivity contribution < 1.29 is 9.59 Å². The topological polar surface area (TPSA) is 58.2 Å². The monoisotopic (exact) mass is 226 g/mol. The van der Waals surface area contributed by atoms with Gasteiger partial charge in [0, 0.05) is 12.5 Å². The molecule has 1 saturated heterocycles. The van der Waals surface area contributed by atoms with E-state index in [1.807, 2.05) is 0 Å². The van der Waals surface area contributed by atoms with Crippen LogP contribution in [0.2, 0.25) is 0 Å². The Balaban J connectivity index is 2.48. The first kappa shape index (κ1) is 13.0. The number of carbonyl (C=O) groups is 2. The predicted octanol–water partition coefficient (Wildman–Crippen LogP) is 1.35. The van der Waals surface area contributed by atoms with E-state index in [4.69, 9.17) is 0 Å². The average Bonchev–Trinajstić information content (AvgIpc) is 2.50. The van der Waals surface area contributed by atoms with Crippen molar-refractivity contribution in [2.24, 2.45) is 0 Å². The Bertz CT molecular complexity index is 249. The molecule has 2 amide bonds. The van der Waals surface area contributed by atoms with E-state index in [0.29, 0.717) is 6.42 Å². The molecule has 4 nitrogen and oxygen atoms in total. The Hall–Kier alpha value is -1.06. The summed E-state index contributed by atoms with van der Waals surface area (Å²) in [6.07, 6.45) is 5.01. The molecule has 0 bridgehead atoms. The van der Waals surface area contributed by atoms with Gasteiger partial charge in [0.05, 0.1) is 0 Å². The van der Waals surface area contributed by atoms with Crippen molar-refractivity contribution in [2.75, 3.05) is 0 Å². The van der Waals surface area contributed by atoms with E-state index in [1.54, 1.807) is 0 Å². The fourth-order valence-corrected chi connectivity index (χ4v) is 1.96. The largest absolute Gasteiger partial charge is 0.352 e. The molecule has 1 fully saturated rings. The average molecular weight is 226 g/mol. The first-order chi connectivity index (χ1) is 7.67. The van der Waals surface area contributed by atoms with Crippen LogP contribution in [0.3, 0.4) is 0 Å². The van der Waals surface area contributed by atoms with Crippen LogP contribution in [-0.2, 0) is 9.59 Å². The highest BCUT2D eigenvalue weighted by Gasteiger charge is 2.23. The van der Waals surface area contributed by atoms with Gasteiger partial charge >= 0.3 is 0 Å². The van der Waals surface area contributed by atoms with E-state index in [2.05, 4.69) is 24.5 Å². The van der Waals surface area contributed by atoms with Gasteiger partial charge in [0.25, 0.3) is 0 Å². The SMILES string of the molecule is CCC(CC)NC(=O)C1CCCCC(=O)N1. The van der Waals surface area contributed by atoms with Crippen LogP contribution in [0.4, 0.5) is 0 Å². The Morgan fingerprint density at radius 3 is 2.75 bits per heavy atom. The third kappa shape index (κ3) is 3.83. The van der Waals surface area contributed by atoms with Gasteiger partial charge in [0.2, 0.25) is 11.8 Å². The third-order valence-electron chi connectivity index (χ3n) is 3.13. The van der Waals surface area contributed by atoms with Crippen molar-refractivity contribution in [3.8, 4) is 0 Å². The quantitative estimate of drug-likeness (QED) is 0.760. The van der Waals surface area contributed by atoms with E-state index in [-0.39, 0.29) is 23.9 Å². The first-order valence-electron chi connectivity index (χ1n) is 6.27. The number of nitrogens with one attached hydrogen (secondary N) is 2. The van der Waals surface area contributed by atoms with Crippen molar-refractivity contribution >= 4 is 11.8 Å². The van der Waals surface area contributed by atoms with Gasteiger partial charge in [0.15, 0.2) is 0 Å². The van der Waals surface area contributed by atoms with Crippen LogP contribution in [0, 0.1) is 0 Å². The van der Waals surface area contributed by atoms with Crippen LogP contribution in [0.1, 0.15) is 52.4 Å². The molecule has 0 aromatic heterocycles. The molecule has 1 heterocycles. The summed E-state index contributed by atoms with van der Waals surface area (Å²) in [6.45, 7) is 4.11. The maximum Gasteiger partial charge on any atom is 0.242 e. The summed E-state index contributed by atoms with van der Waals surface area (Å²) in [5.41, 5.74) is 0. The van der Waals surface area contributed by atoms with Crippen LogP contribution >= 0.6 is 0 Å². The van der Waals surface area contributed by atoms with Crippen molar-refractivity contribution in [3.63, 3.8) is 0 Å². The third-order valence-corrected chi connectivity index (χ3v) is 3.13. The lowest BCUT2D eigenvalue weighted by Crippen LogP contribution is -2.48. The molecule has 1 unspecified atom stereocenters. The molecule has 2 N–H and O–H groups in total. The lowest BCUT2D eigenvalue weighted by molar-refractivity contribution is -0.129. The molecular formula is C12H22N2O2. The molecule has 0 saturated carbocycles. The predicted molar refractivity (Wildman–Crippen MR) is 62.9 cm³/mol. The molecule has 1 rings (SSSR count). The number of amides is 2. The van der Waals surface area contributed by atoms with Gasteiger partial charge in [-0.2, -0.15) is 0 Å². The second kappa shape index (κ2) is 6.51. The number of carbonyl (C=O) groups excluding carboxylic acids is 2. The zero-order valence-corrected chi connectivity index (χ0v) is 10.2. The first-order valence-corrected chi connectivity index (χ1v) is 6.27. The van der Waals surface area contributed by atoms with Crippen LogP contribution in [0.15, 0.2) is 0 Å². The number of hydrogen-bond donors (Lipinski definition) is 2. The maximum absolute atomic E-state index is 11.9. The lowest BCUT2D eigenvalue weighted by atomic mass is 10.1. The molecule has 4 heteroatoms. The lowest BCUT2D eigenvalue weighted by Gasteiger charge is -2.20. The summed E-state index contributed by atoms with van der Waals surface area (Å²) >= 11 is 0. The Kier molecular flexibility index (Phi) is 5.29. The Morgan fingerprint density at radius 1 is 1.44 bits per heavy atom. The minimum atomic E-state index is -0.324. The molecule has 0 aliphatic carbocycles. The van der Waals surface area contributed by atoms with Gasteiger partial charge < -0.3 is 10.6 Å². The maximum atomic E-state index is 11.9. The van der Waals surface area contributed by atoms with Crippen LogP contribution < -0.4 is 10.6 Å². The molecule has 1 atom stereocenters. The van der Waals surface area contributed by atoms with Gasteiger partial charge in [-0.15, -0.1) is 0 Å². The second-order valence-corrected chi connectivity index (χ2v) is 4.39. The minimum Gasteiger partial charge on any atom is -0.352 e. The van der Waals surface area contributed by atoms with E-state index in [0.717, 1.165) is 32.1 Å². The summed E-state index contributed by atoms with van der Waals surface area (Å²) < 4.78 is 0. The summed E-state index contributed by atoms with van der Waals surface area (Å²) in [5, 5.41) is 5.76. The van der Waals surface area contributed by atoms with Crippen LogP contribution in [0.5, 0.6) is 0 Å². The fourth-order valence-electron chi connectivity index (χ4n) is 1.96. The molecule has 92 valence electrons. The van der Waals surface area contributed by atoms with Gasteiger partial charge in [-0.25, -0.2) is 0 Å². The van der Waals surface area contributed by atoms with Crippen molar-refractivity contribution in [1.82, 2.24) is 10.6 Å². The van der Waals surface area contributed by atoms with Gasteiger partial charge in [-0.1, -0.05) is 20.3 Å². The van der Waals surface area contributed by atoms with Gasteiger partial charge in [-0.05, 0) is 25.7 Å². The van der Waals surface area contributed by atoms with Crippen molar-refractivity contribution in [2.45, 2.75) is 64.5 Å². The highest BCUT2D eigenvalue weighted by molar-refractivity contribution is 5.88. The van der Waals surface area contributed by atoms with E-state index >= 15 is 0 Å². The number of hydrogen-bond acceptors (Lipinski definition) is 2. The minimum absolute atomic E-state index is 0.00203. The van der Waals surface area contributed by atoms with E-state index in [1.165, 1.54) is 0 Å². The summed E-state index contributed by atoms with van der Waals surface area (Å²) in [4.78, 5) is 23.2. The summed E-state index contributed by atoms with van der Waals surface area (Å²) in [7, 11) is 0. The molecule has 0 spiro atoms. The van der Waals surface area contributed by atoms with Crippen LogP contribution in [0.25, 0.3) is 0 Å².